The summed E-state index contributed by atoms with van der Waals surface area (Å²) in [6.45, 7) is 0. The van der Waals surface area contributed by atoms with Gasteiger partial charge in [-0.05, 0) is 31.0 Å². The lowest BCUT2D eigenvalue weighted by atomic mass is 10.2. The Kier molecular flexibility index (Phi) is 2.87. The van der Waals surface area contributed by atoms with Gasteiger partial charge in [-0.3, -0.25) is 10.1 Å². The van der Waals surface area contributed by atoms with Gasteiger partial charge in [-0.25, -0.2) is 4.98 Å². The Balaban J connectivity index is 1.74. The molecule has 19 heavy (non-hydrogen) atoms. The highest BCUT2D eigenvalue weighted by Gasteiger charge is 2.26. The molecule has 1 fully saturated rings. The van der Waals surface area contributed by atoms with E-state index in [4.69, 9.17) is 0 Å². The van der Waals surface area contributed by atoms with Crippen LogP contribution in [0.3, 0.4) is 0 Å². The van der Waals surface area contributed by atoms with Gasteiger partial charge in [-0.1, -0.05) is 0 Å². The number of hydrogen-bond acceptors (Lipinski definition) is 5. The maximum Gasteiger partial charge on any atom is 0.257 e. The van der Waals surface area contributed by atoms with E-state index in [9.17, 15) is 15.0 Å². The highest BCUT2D eigenvalue weighted by atomic mass is 32.1. The lowest BCUT2D eigenvalue weighted by Crippen LogP contribution is -2.11. The van der Waals surface area contributed by atoms with Crippen molar-refractivity contribution in [2.75, 3.05) is 5.32 Å². The van der Waals surface area contributed by atoms with Crippen LogP contribution in [0.15, 0.2) is 23.6 Å². The summed E-state index contributed by atoms with van der Waals surface area (Å²) in [5.74, 6) is -0.362. The first-order chi connectivity index (χ1) is 9.13. The number of phenolic OH excluding ortho intramolecular Hbond substituents is 2. The molecule has 2 aromatic rings. The molecule has 98 valence electrons. The summed E-state index contributed by atoms with van der Waals surface area (Å²) in [5, 5.41) is 23.8. The van der Waals surface area contributed by atoms with Gasteiger partial charge >= 0.3 is 0 Å². The van der Waals surface area contributed by atoms with Gasteiger partial charge in [0.05, 0.1) is 5.69 Å². The molecule has 0 aliphatic heterocycles. The summed E-state index contributed by atoms with van der Waals surface area (Å²) in [5.41, 5.74) is 1.31. The Morgan fingerprint density at radius 2 is 2.11 bits per heavy atom. The molecule has 1 aliphatic rings. The number of carbonyl (C=O) groups excluding carboxylic acids is 1. The first kappa shape index (κ1) is 12.0. The molecule has 5 nitrogen and oxygen atoms in total. The number of rotatable bonds is 3. The standard InChI is InChI=1S/C13H12N2O3S/c16-10-4-3-8(5-11(10)17)12(18)15-13-14-9(6-19-13)7-1-2-7/h3-7,16-17H,1-2H2,(H,14,15,18). The highest BCUT2D eigenvalue weighted by molar-refractivity contribution is 7.14. The van der Waals surface area contributed by atoms with Gasteiger partial charge in [0.25, 0.3) is 5.91 Å². The summed E-state index contributed by atoms with van der Waals surface area (Å²) < 4.78 is 0. The molecule has 0 saturated heterocycles. The van der Waals surface area contributed by atoms with E-state index in [1.165, 1.54) is 42.4 Å². The fourth-order valence-corrected chi connectivity index (χ4v) is 2.53. The van der Waals surface area contributed by atoms with Crippen molar-refractivity contribution in [2.24, 2.45) is 0 Å². The van der Waals surface area contributed by atoms with E-state index >= 15 is 0 Å². The van der Waals surface area contributed by atoms with Crippen molar-refractivity contribution in [3.8, 4) is 11.5 Å². The molecule has 1 saturated carbocycles. The smallest absolute Gasteiger partial charge is 0.257 e. The molecule has 0 unspecified atom stereocenters. The molecule has 6 heteroatoms. The highest BCUT2D eigenvalue weighted by Crippen LogP contribution is 2.40. The third-order valence-corrected chi connectivity index (χ3v) is 3.75. The zero-order valence-electron chi connectivity index (χ0n) is 9.96. The van der Waals surface area contributed by atoms with E-state index < -0.39 is 0 Å². The van der Waals surface area contributed by atoms with Crippen LogP contribution in [0.1, 0.15) is 34.8 Å². The van der Waals surface area contributed by atoms with Crippen LogP contribution < -0.4 is 5.32 Å². The number of thiazole rings is 1. The van der Waals surface area contributed by atoms with Crippen molar-refractivity contribution in [3.63, 3.8) is 0 Å². The Morgan fingerprint density at radius 3 is 2.79 bits per heavy atom. The molecule has 0 spiro atoms. The third-order valence-electron chi connectivity index (χ3n) is 2.98. The van der Waals surface area contributed by atoms with E-state index in [0.29, 0.717) is 11.0 Å². The lowest BCUT2D eigenvalue weighted by Gasteiger charge is -2.03. The molecule has 0 radical (unpaired) electrons. The second-order valence-corrected chi connectivity index (χ2v) is 5.37. The molecule has 1 aromatic carbocycles. The Morgan fingerprint density at radius 1 is 1.32 bits per heavy atom. The molecular formula is C13H12N2O3S. The number of aromatic nitrogens is 1. The normalized spacial score (nSPS) is 14.3. The Bertz CT molecular complexity index is 635. The van der Waals surface area contributed by atoms with E-state index in [0.717, 1.165) is 5.69 Å². The van der Waals surface area contributed by atoms with Crippen molar-refractivity contribution in [1.29, 1.82) is 0 Å². The van der Waals surface area contributed by atoms with Gasteiger partial charge in [-0.15, -0.1) is 11.3 Å². The van der Waals surface area contributed by atoms with Crippen molar-refractivity contribution in [1.82, 2.24) is 4.98 Å². The fraction of sp³-hybridized carbons (Fsp3) is 0.231. The Labute approximate surface area is 113 Å². The number of benzene rings is 1. The molecule has 3 N–H and O–H groups in total. The number of nitrogens with zero attached hydrogens (tertiary/aromatic N) is 1. The second kappa shape index (κ2) is 4.55. The maximum atomic E-state index is 11.9. The van der Waals surface area contributed by atoms with Crippen LogP contribution in [-0.4, -0.2) is 21.1 Å². The van der Waals surface area contributed by atoms with Gasteiger partial charge < -0.3 is 10.2 Å². The molecular weight excluding hydrogens is 264 g/mol. The number of carbonyl (C=O) groups is 1. The van der Waals surface area contributed by atoms with Gasteiger partial charge in [-0.2, -0.15) is 0 Å². The van der Waals surface area contributed by atoms with Crippen LogP contribution in [0.4, 0.5) is 5.13 Å². The topological polar surface area (TPSA) is 82.5 Å². The third kappa shape index (κ3) is 2.53. The van der Waals surface area contributed by atoms with Crippen molar-refractivity contribution < 1.29 is 15.0 Å². The first-order valence-electron chi connectivity index (χ1n) is 5.92. The average Bonchev–Trinajstić information content (AvgIpc) is 3.14. The van der Waals surface area contributed by atoms with Crippen LogP contribution >= 0.6 is 11.3 Å². The van der Waals surface area contributed by atoms with E-state index in [1.54, 1.807) is 0 Å². The van der Waals surface area contributed by atoms with Crippen molar-refractivity contribution in [2.45, 2.75) is 18.8 Å². The first-order valence-corrected chi connectivity index (χ1v) is 6.80. The molecule has 1 amide bonds. The van der Waals surface area contributed by atoms with Crippen LogP contribution in [0.25, 0.3) is 0 Å². The zero-order chi connectivity index (χ0) is 13.4. The second-order valence-electron chi connectivity index (χ2n) is 4.51. The lowest BCUT2D eigenvalue weighted by molar-refractivity contribution is 0.102. The molecule has 1 aromatic heterocycles. The minimum absolute atomic E-state index is 0.248. The van der Waals surface area contributed by atoms with Gasteiger partial charge in [0.2, 0.25) is 0 Å². The minimum Gasteiger partial charge on any atom is -0.504 e. The molecule has 0 bridgehead atoms. The Hall–Kier alpha value is -2.08. The number of phenols is 2. The minimum atomic E-state index is -0.355. The van der Waals surface area contributed by atoms with Crippen molar-refractivity contribution in [3.05, 3.63) is 34.8 Å². The number of nitrogens with one attached hydrogen (secondary N) is 1. The monoisotopic (exact) mass is 276 g/mol. The summed E-state index contributed by atoms with van der Waals surface area (Å²) in [7, 11) is 0. The molecule has 3 rings (SSSR count). The largest absolute Gasteiger partial charge is 0.504 e. The van der Waals surface area contributed by atoms with Crippen molar-refractivity contribution >= 4 is 22.4 Å². The fourth-order valence-electron chi connectivity index (χ4n) is 1.74. The van der Waals surface area contributed by atoms with Crippen LogP contribution in [0.2, 0.25) is 0 Å². The van der Waals surface area contributed by atoms with Gasteiger partial charge in [0.15, 0.2) is 16.6 Å². The SMILES string of the molecule is O=C(Nc1nc(C2CC2)cs1)c1ccc(O)c(O)c1. The molecule has 0 atom stereocenters. The molecule has 1 aliphatic carbocycles. The van der Waals surface area contributed by atoms with Crippen LogP contribution in [-0.2, 0) is 0 Å². The van der Waals surface area contributed by atoms with E-state index in [-0.39, 0.29) is 23.0 Å². The summed E-state index contributed by atoms with van der Waals surface area (Å²) in [4.78, 5) is 16.3. The number of amides is 1. The predicted molar refractivity (Wildman–Crippen MR) is 71.8 cm³/mol. The van der Waals surface area contributed by atoms with Gasteiger partial charge in [0, 0.05) is 16.9 Å². The quantitative estimate of drug-likeness (QED) is 0.753. The average molecular weight is 276 g/mol. The van der Waals surface area contributed by atoms with Crippen LogP contribution in [0, 0.1) is 0 Å². The number of aromatic hydroxyl groups is 2. The summed E-state index contributed by atoms with van der Waals surface area (Å²) >= 11 is 1.39. The number of hydrogen-bond donors (Lipinski definition) is 3. The van der Waals surface area contributed by atoms with Crippen LogP contribution in [0.5, 0.6) is 11.5 Å². The number of anilines is 1. The zero-order valence-corrected chi connectivity index (χ0v) is 10.8. The van der Waals surface area contributed by atoms with E-state index in [2.05, 4.69) is 10.3 Å². The molecule has 1 heterocycles. The van der Waals surface area contributed by atoms with E-state index in [1.807, 2.05) is 5.38 Å². The van der Waals surface area contributed by atoms with Gasteiger partial charge in [0.1, 0.15) is 0 Å². The predicted octanol–water partition coefficient (Wildman–Crippen LogP) is 2.68. The summed E-state index contributed by atoms with van der Waals surface area (Å²) in [6, 6.07) is 3.95. The maximum absolute atomic E-state index is 11.9. The summed E-state index contributed by atoms with van der Waals surface area (Å²) in [6.07, 6.45) is 2.34.